The normalized spacial score (nSPS) is 20.0. The van der Waals surface area contributed by atoms with Crippen molar-refractivity contribution in [2.75, 3.05) is 6.54 Å². The molecule has 1 aliphatic heterocycles. The number of imidazole rings is 2. The average molecular weight is 613 g/mol. The van der Waals surface area contributed by atoms with Gasteiger partial charge in [0.05, 0.1) is 47.9 Å². The highest BCUT2D eigenvalue weighted by molar-refractivity contribution is 5.72. The molecule has 1 saturated heterocycles. The largest absolute Gasteiger partial charge is 0.444 e. The van der Waals surface area contributed by atoms with Gasteiger partial charge in [-0.05, 0) is 72.8 Å². The molecule has 2 amide bonds. The quantitative estimate of drug-likeness (QED) is 0.227. The van der Waals surface area contributed by atoms with Gasteiger partial charge in [0.25, 0.3) is 0 Å². The summed E-state index contributed by atoms with van der Waals surface area (Å²) in [7, 11) is 0. The van der Waals surface area contributed by atoms with E-state index in [1.54, 1.807) is 18.6 Å². The lowest BCUT2D eigenvalue weighted by atomic mass is 10.1. The van der Waals surface area contributed by atoms with Crippen LogP contribution in [-0.2, 0) is 15.0 Å². The van der Waals surface area contributed by atoms with Crippen molar-refractivity contribution in [3.05, 3.63) is 60.7 Å². The molecule has 3 aromatic heterocycles. The molecule has 4 heterocycles. The van der Waals surface area contributed by atoms with Gasteiger partial charge in [0.2, 0.25) is 0 Å². The fourth-order valence-corrected chi connectivity index (χ4v) is 5.83. The average Bonchev–Trinajstić information content (AvgIpc) is 3.39. The van der Waals surface area contributed by atoms with Gasteiger partial charge >= 0.3 is 12.2 Å². The van der Waals surface area contributed by atoms with Crippen LogP contribution in [0.4, 0.5) is 9.59 Å². The zero-order valence-corrected chi connectivity index (χ0v) is 26.8. The lowest BCUT2D eigenvalue weighted by Crippen LogP contribution is -2.42. The summed E-state index contributed by atoms with van der Waals surface area (Å²) in [5, 5.41) is 2.78. The van der Waals surface area contributed by atoms with Gasteiger partial charge in [0.1, 0.15) is 34.1 Å². The highest BCUT2D eigenvalue weighted by Crippen LogP contribution is 2.62. The van der Waals surface area contributed by atoms with E-state index in [2.05, 4.69) is 30.2 Å². The fourth-order valence-electron chi connectivity index (χ4n) is 5.83. The monoisotopic (exact) mass is 612 g/mol. The summed E-state index contributed by atoms with van der Waals surface area (Å²) < 4.78 is 11.0. The first-order valence-corrected chi connectivity index (χ1v) is 15.3. The molecule has 1 unspecified atom stereocenters. The van der Waals surface area contributed by atoms with E-state index in [9.17, 15) is 9.59 Å². The number of carbonyl (C=O) groups is 2. The molecule has 1 saturated carbocycles. The molecule has 0 spiro atoms. The van der Waals surface area contributed by atoms with Crippen molar-refractivity contribution in [2.45, 2.75) is 84.1 Å². The molecule has 2 aliphatic rings. The number of fused-ring (bicyclic) bond motifs is 1. The molecule has 0 radical (unpaired) electrons. The van der Waals surface area contributed by atoms with Crippen LogP contribution in [0, 0.1) is 5.92 Å². The van der Waals surface area contributed by atoms with E-state index in [0.29, 0.717) is 29.7 Å². The summed E-state index contributed by atoms with van der Waals surface area (Å²) in [5.74, 6) is 1.80. The predicted molar refractivity (Wildman–Crippen MR) is 168 cm³/mol. The maximum absolute atomic E-state index is 13.0. The highest BCUT2D eigenvalue weighted by atomic mass is 16.6. The van der Waals surface area contributed by atoms with Crippen LogP contribution >= 0.6 is 0 Å². The molecule has 12 heteroatoms. The third-order valence-electron chi connectivity index (χ3n) is 8.01. The molecule has 1 aliphatic carbocycles. The molecule has 1 aromatic carbocycles. The smallest absolute Gasteiger partial charge is 0.411 e. The Balaban J connectivity index is 1.11. The molecule has 12 nitrogen and oxygen atoms in total. The fraction of sp³-hybridized carbons (Fsp3) is 0.455. The number of aromatic amines is 2. The highest BCUT2D eigenvalue weighted by Gasteiger charge is 2.67. The number of alkyl carbamates (subject to hydrolysis) is 1. The van der Waals surface area contributed by atoms with Crippen molar-refractivity contribution in [3.8, 4) is 33.9 Å². The Labute approximate surface area is 262 Å². The number of carbonyl (C=O) groups excluding carboxylic acids is 2. The van der Waals surface area contributed by atoms with Crippen molar-refractivity contribution in [3.63, 3.8) is 0 Å². The number of H-pyrrole nitrogens is 2. The first-order valence-electron chi connectivity index (χ1n) is 15.3. The van der Waals surface area contributed by atoms with Crippen LogP contribution in [0.25, 0.3) is 33.9 Å². The summed E-state index contributed by atoms with van der Waals surface area (Å²) in [6, 6.07) is 7.66. The number of hydrogen-bond acceptors (Lipinski definition) is 8. The van der Waals surface area contributed by atoms with Crippen LogP contribution in [-0.4, -0.2) is 64.7 Å². The van der Waals surface area contributed by atoms with Crippen molar-refractivity contribution in [2.24, 2.45) is 5.92 Å². The van der Waals surface area contributed by atoms with Gasteiger partial charge in [-0.2, -0.15) is 0 Å². The first kappa shape index (κ1) is 30.3. The number of benzene rings is 1. The van der Waals surface area contributed by atoms with E-state index >= 15 is 0 Å². The molecule has 3 atom stereocenters. The van der Waals surface area contributed by atoms with Gasteiger partial charge < -0.3 is 24.8 Å². The van der Waals surface area contributed by atoms with Crippen molar-refractivity contribution < 1.29 is 19.1 Å². The van der Waals surface area contributed by atoms with E-state index < -0.39 is 22.8 Å². The Bertz CT molecular complexity index is 1700. The summed E-state index contributed by atoms with van der Waals surface area (Å²) in [6.07, 6.45) is 7.97. The minimum Gasteiger partial charge on any atom is -0.444 e. The van der Waals surface area contributed by atoms with Crippen LogP contribution < -0.4 is 5.32 Å². The Kier molecular flexibility index (Phi) is 7.41. The second-order valence-electron chi connectivity index (χ2n) is 13.8. The van der Waals surface area contributed by atoms with E-state index in [1.807, 2.05) is 83.8 Å². The number of nitrogens with zero attached hydrogens (tertiary/aromatic N) is 5. The number of aromatic nitrogens is 6. The number of nitrogens with one attached hydrogen (secondary N) is 3. The third-order valence-corrected chi connectivity index (χ3v) is 8.01. The second kappa shape index (κ2) is 11.0. The maximum Gasteiger partial charge on any atom is 0.411 e. The Hall–Kier alpha value is -4.74. The second-order valence-corrected chi connectivity index (χ2v) is 13.8. The Morgan fingerprint density at radius 1 is 0.867 bits per heavy atom. The molecule has 3 N–H and O–H groups in total. The van der Waals surface area contributed by atoms with Gasteiger partial charge in [0.15, 0.2) is 0 Å². The number of ether oxygens (including phenoxy) is 2. The zero-order valence-electron chi connectivity index (χ0n) is 26.8. The number of amides is 2. The summed E-state index contributed by atoms with van der Waals surface area (Å²) in [4.78, 5) is 51.9. The molecule has 4 aromatic rings. The van der Waals surface area contributed by atoms with E-state index in [1.165, 1.54) is 0 Å². The van der Waals surface area contributed by atoms with Crippen LogP contribution in [0.2, 0.25) is 0 Å². The van der Waals surface area contributed by atoms with Gasteiger partial charge in [0, 0.05) is 12.1 Å². The van der Waals surface area contributed by atoms with E-state index in [-0.39, 0.29) is 12.1 Å². The molecule has 2 fully saturated rings. The van der Waals surface area contributed by atoms with Crippen LogP contribution in [0.5, 0.6) is 0 Å². The first-order chi connectivity index (χ1) is 21.2. The zero-order chi connectivity index (χ0) is 32.1. The minimum absolute atomic E-state index is 0.283. The van der Waals surface area contributed by atoms with Crippen LogP contribution in [0.1, 0.15) is 79.0 Å². The van der Waals surface area contributed by atoms with Crippen LogP contribution in [0.3, 0.4) is 0 Å². The molecule has 236 valence electrons. The van der Waals surface area contributed by atoms with Gasteiger partial charge in [-0.1, -0.05) is 24.3 Å². The van der Waals surface area contributed by atoms with Crippen molar-refractivity contribution >= 4 is 12.2 Å². The van der Waals surface area contributed by atoms with Gasteiger partial charge in [-0.3, -0.25) is 14.9 Å². The third kappa shape index (κ3) is 6.27. The van der Waals surface area contributed by atoms with Crippen molar-refractivity contribution in [1.82, 2.24) is 40.1 Å². The molecular formula is C33H40N8O4. The van der Waals surface area contributed by atoms with Gasteiger partial charge in [-0.15, -0.1) is 0 Å². The van der Waals surface area contributed by atoms with Crippen molar-refractivity contribution in [1.29, 1.82) is 0 Å². The molecular weight excluding hydrogens is 572 g/mol. The number of likely N-dealkylation sites (tertiary alicyclic amines) is 1. The van der Waals surface area contributed by atoms with E-state index in [4.69, 9.17) is 14.5 Å². The molecule has 6 rings (SSSR count). The molecule has 0 bridgehead atoms. The predicted octanol–water partition coefficient (Wildman–Crippen LogP) is 6.37. The van der Waals surface area contributed by atoms with E-state index in [0.717, 1.165) is 41.2 Å². The minimum atomic E-state index is -0.583. The Morgan fingerprint density at radius 3 is 2.16 bits per heavy atom. The summed E-state index contributed by atoms with van der Waals surface area (Å²) >= 11 is 0. The standard InChI is InChI=1S/C33H40N8O4/c1-19(38-29(42)44-31(2,3)4)27-36-18-26(39-27)25-17-34-23(15-35-25)20-8-10-21(11-9-20)24-16-37-28(40-24)33-14-22(33)12-13-41(33)30(43)45-32(5,6)7/h8-11,15-19,22H,12-14H2,1-7H3,(H,36,39)(H,37,40)(H,38,42)/t19-,22-,33?/m0/s1. The summed E-state index contributed by atoms with van der Waals surface area (Å²) in [5.41, 5.74) is 3.32. The maximum atomic E-state index is 13.0. The van der Waals surface area contributed by atoms with Crippen LogP contribution in [0.15, 0.2) is 49.1 Å². The number of piperidine rings is 1. The Morgan fingerprint density at radius 2 is 1.51 bits per heavy atom. The molecule has 45 heavy (non-hydrogen) atoms. The lowest BCUT2D eigenvalue weighted by molar-refractivity contribution is 0.0161. The van der Waals surface area contributed by atoms with Gasteiger partial charge in [-0.25, -0.2) is 19.6 Å². The topological polar surface area (TPSA) is 151 Å². The SMILES string of the molecule is C[C@H](NC(=O)OC(C)(C)C)c1ncc(-c2cnc(-c3ccc(-c4cnc(C56C[C@@H]5CCN6C(=O)OC(C)(C)C)[nH]4)cc3)cn2)[nH]1. The number of rotatable bonds is 6. The number of hydrogen-bond donors (Lipinski definition) is 3. The lowest BCUT2D eigenvalue weighted by Gasteiger charge is -2.30. The summed E-state index contributed by atoms with van der Waals surface area (Å²) in [6.45, 7) is 13.6.